The molecule has 0 atom stereocenters. The van der Waals surface area contributed by atoms with Crippen LogP contribution in [0.3, 0.4) is 0 Å². The van der Waals surface area contributed by atoms with E-state index in [1.807, 2.05) is 49.5 Å². The van der Waals surface area contributed by atoms with Crippen molar-refractivity contribution in [1.29, 1.82) is 0 Å². The summed E-state index contributed by atoms with van der Waals surface area (Å²) < 4.78 is 7.38. The summed E-state index contributed by atoms with van der Waals surface area (Å²) in [5.74, 6) is 0.859. The summed E-state index contributed by atoms with van der Waals surface area (Å²) in [5.41, 5.74) is 4.22. The molecule has 0 fully saturated rings. The Morgan fingerprint density at radius 1 is 1.11 bits per heavy atom. The molecule has 0 unspecified atom stereocenters. The first-order valence-electron chi connectivity index (χ1n) is 5.88. The van der Waals surface area contributed by atoms with E-state index in [1.54, 1.807) is 7.11 Å². The van der Waals surface area contributed by atoms with Gasteiger partial charge < -0.3 is 4.74 Å². The summed E-state index contributed by atoms with van der Waals surface area (Å²) in [6.45, 7) is 2.03. The van der Waals surface area contributed by atoms with E-state index in [0.29, 0.717) is 0 Å². The van der Waals surface area contributed by atoms with E-state index in [1.165, 1.54) is 0 Å². The standard InChI is InChI=1S/C15H14N2O/c1-11-15(12-6-5-7-13(10-12)18-2)17-9-4-3-8-14(17)16-11/h3-10H,1-2H3. The van der Waals surface area contributed by atoms with Gasteiger partial charge in [-0.3, -0.25) is 4.40 Å². The van der Waals surface area contributed by atoms with Crippen LogP contribution in [-0.2, 0) is 0 Å². The van der Waals surface area contributed by atoms with Gasteiger partial charge in [-0.25, -0.2) is 4.98 Å². The summed E-state index contributed by atoms with van der Waals surface area (Å²) in [6, 6.07) is 14.1. The number of imidazole rings is 1. The van der Waals surface area contributed by atoms with Crippen molar-refractivity contribution in [3.8, 4) is 17.0 Å². The van der Waals surface area contributed by atoms with Gasteiger partial charge in [0.1, 0.15) is 11.4 Å². The third-order valence-corrected chi connectivity index (χ3v) is 3.05. The molecule has 2 aromatic heterocycles. The van der Waals surface area contributed by atoms with Gasteiger partial charge in [-0.05, 0) is 31.2 Å². The van der Waals surface area contributed by atoms with Crippen LogP contribution >= 0.6 is 0 Å². The normalized spacial score (nSPS) is 10.8. The predicted molar refractivity (Wildman–Crippen MR) is 71.9 cm³/mol. The highest BCUT2D eigenvalue weighted by molar-refractivity contribution is 5.68. The fraction of sp³-hybridized carbons (Fsp3) is 0.133. The molecule has 3 aromatic rings. The summed E-state index contributed by atoms with van der Waals surface area (Å²) >= 11 is 0. The van der Waals surface area contributed by atoms with Crippen molar-refractivity contribution in [3.63, 3.8) is 0 Å². The second-order valence-corrected chi connectivity index (χ2v) is 4.21. The lowest BCUT2D eigenvalue weighted by atomic mass is 10.1. The maximum Gasteiger partial charge on any atom is 0.137 e. The zero-order valence-corrected chi connectivity index (χ0v) is 10.4. The molecule has 0 N–H and O–H groups in total. The number of pyridine rings is 1. The molecule has 2 heterocycles. The minimum absolute atomic E-state index is 0.859. The van der Waals surface area contributed by atoms with Gasteiger partial charge in [0.15, 0.2) is 0 Å². The van der Waals surface area contributed by atoms with Crippen LogP contribution in [0.15, 0.2) is 48.7 Å². The van der Waals surface area contributed by atoms with Gasteiger partial charge in [0.05, 0.1) is 18.5 Å². The van der Waals surface area contributed by atoms with Crippen molar-refractivity contribution >= 4 is 5.65 Å². The Bertz CT molecular complexity index is 701. The zero-order chi connectivity index (χ0) is 12.5. The first-order chi connectivity index (χ1) is 8.79. The Hall–Kier alpha value is -2.29. The van der Waals surface area contributed by atoms with E-state index in [0.717, 1.165) is 28.3 Å². The number of aryl methyl sites for hydroxylation is 1. The van der Waals surface area contributed by atoms with Gasteiger partial charge in [-0.2, -0.15) is 0 Å². The average molecular weight is 238 g/mol. The Morgan fingerprint density at radius 3 is 2.83 bits per heavy atom. The summed E-state index contributed by atoms with van der Waals surface area (Å²) in [5, 5.41) is 0. The maximum absolute atomic E-state index is 5.28. The average Bonchev–Trinajstić information content (AvgIpc) is 2.74. The van der Waals surface area contributed by atoms with Crippen LogP contribution in [0.1, 0.15) is 5.69 Å². The van der Waals surface area contributed by atoms with Crippen LogP contribution in [0.5, 0.6) is 5.75 Å². The molecule has 0 spiro atoms. The molecule has 0 bridgehead atoms. The zero-order valence-electron chi connectivity index (χ0n) is 10.4. The molecule has 0 aliphatic carbocycles. The van der Waals surface area contributed by atoms with Crippen molar-refractivity contribution in [2.24, 2.45) is 0 Å². The van der Waals surface area contributed by atoms with Gasteiger partial charge in [0.25, 0.3) is 0 Å². The quantitative estimate of drug-likeness (QED) is 0.684. The van der Waals surface area contributed by atoms with Crippen LogP contribution < -0.4 is 4.74 Å². The molecule has 0 aliphatic heterocycles. The molecule has 0 radical (unpaired) electrons. The first-order valence-corrected chi connectivity index (χ1v) is 5.88. The fourth-order valence-corrected chi connectivity index (χ4v) is 2.23. The Kier molecular flexibility index (Phi) is 2.52. The third kappa shape index (κ3) is 1.64. The predicted octanol–water partition coefficient (Wildman–Crippen LogP) is 3.32. The Morgan fingerprint density at radius 2 is 2.00 bits per heavy atom. The van der Waals surface area contributed by atoms with E-state index in [2.05, 4.69) is 15.5 Å². The lowest BCUT2D eigenvalue weighted by Gasteiger charge is -2.05. The lowest BCUT2D eigenvalue weighted by molar-refractivity contribution is 0.415. The largest absolute Gasteiger partial charge is 0.497 e. The molecule has 1 aromatic carbocycles. The smallest absolute Gasteiger partial charge is 0.137 e. The minimum Gasteiger partial charge on any atom is -0.497 e. The Labute approximate surface area is 106 Å². The van der Waals surface area contributed by atoms with Crippen molar-refractivity contribution in [2.45, 2.75) is 6.92 Å². The number of hydrogen-bond acceptors (Lipinski definition) is 2. The summed E-state index contributed by atoms with van der Waals surface area (Å²) in [7, 11) is 1.68. The van der Waals surface area contributed by atoms with Gasteiger partial charge >= 0.3 is 0 Å². The number of methoxy groups -OCH3 is 1. The van der Waals surface area contributed by atoms with Crippen LogP contribution in [-0.4, -0.2) is 16.5 Å². The number of fused-ring (bicyclic) bond motifs is 1. The number of nitrogens with zero attached hydrogens (tertiary/aromatic N) is 2. The van der Waals surface area contributed by atoms with E-state index in [4.69, 9.17) is 4.74 Å². The Balaban J connectivity index is 2.27. The van der Waals surface area contributed by atoms with Crippen molar-refractivity contribution in [2.75, 3.05) is 7.11 Å². The van der Waals surface area contributed by atoms with E-state index >= 15 is 0 Å². The molecule has 3 nitrogen and oxygen atoms in total. The molecule has 3 rings (SSSR count). The van der Waals surface area contributed by atoms with E-state index < -0.39 is 0 Å². The SMILES string of the molecule is COc1cccc(-c2c(C)nc3ccccn23)c1. The molecule has 90 valence electrons. The number of aromatic nitrogens is 2. The number of rotatable bonds is 2. The number of hydrogen-bond donors (Lipinski definition) is 0. The van der Waals surface area contributed by atoms with Crippen molar-refractivity contribution < 1.29 is 4.74 Å². The molecular weight excluding hydrogens is 224 g/mol. The second kappa shape index (κ2) is 4.18. The number of benzene rings is 1. The van der Waals surface area contributed by atoms with Crippen LogP contribution in [0.4, 0.5) is 0 Å². The summed E-state index contributed by atoms with van der Waals surface area (Å²) in [4.78, 5) is 4.57. The molecule has 0 aliphatic rings. The molecule has 3 heteroatoms. The van der Waals surface area contributed by atoms with E-state index in [-0.39, 0.29) is 0 Å². The maximum atomic E-state index is 5.28. The topological polar surface area (TPSA) is 26.5 Å². The molecule has 0 saturated heterocycles. The third-order valence-electron chi connectivity index (χ3n) is 3.05. The van der Waals surface area contributed by atoms with Crippen molar-refractivity contribution in [3.05, 3.63) is 54.4 Å². The molecule has 0 saturated carbocycles. The second-order valence-electron chi connectivity index (χ2n) is 4.21. The molecule has 18 heavy (non-hydrogen) atoms. The van der Waals surface area contributed by atoms with Gasteiger partial charge in [0, 0.05) is 11.8 Å². The van der Waals surface area contributed by atoms with Gasteiger partial charge in [-0.15, -0.1) is 0 Å². The molecular formula is C15H14N2O. The van der Waals surface area contributed by atoms with Crippen molar-refractivity contribution in [1.82, 2.24) is 9.38 Å². The van der Waals surface area contributed by atoms with Gasteiger partial charge in [-0.1, -0.05) is 18.2 Å². The van der Waals surface area contributed by atoms with Gasteiger partial charge in [0.2, 0.25) is 0 Å². The fourth-order valence-electron chi connectivity index (χ4n) is 2.23. The van der Waals surface area contributed by atoms with Crippen LogP contribution in [0.2, 0.25) is 0 Å². The highest BCUT2D eigenvalue weighted by Crippen LogP contribution is 2.27. The van der Waals surface area contributed by atoms with E-state index in [9.17, 15) is 0 Å². The monoisotopic (exact) mass is 238 g/mol. The summed E-state index contributed by atoms with van der Waals surface area (Å²) in [6.07, 6.45) is 2.03. The van der Waals surface area contributed by atoms with Crippen LogP contribution in [0.25, 0.3) is 16.9 Å². The highest BCUT2D eigenvalue weighted by atomic mass is 16.5. The molecule has 0 amide bonds. The highest BCUT2D eigenvalue weighted by Gasteiger charge is 2.10. The lowest BCUT2D eigenvalue weighted by Crippen LogP contribution is -1.89. The first kappa shape index (κ1) is 10.8. The minimum atomic E-state index is 0.859. The number of ether oxygens (including phenoxy) is 1. The van der Waals surface area contributed by atoms with Crippen LogP contribution in [0, 0.1) is 6.92 Å².